The lowest BCUT2D eigenvalue weighted by Crippen LogP contribution is -2.40. The summed E-state index contributed by atoms with van der Waals surface area (Å²) in [6.07, 6.45) is 4.76. The Morgan fingerprint density at radius 3 is 3.00 bits per heavy atom. The molecule has 1 aliphatic heterocycles. The fraction of sp³-hybridized carbons (Fsp3) is 0.529. The van der Waals surface area contributed by atoms with Crippen LogP contribution in [0.4, 0.5) is 0 Å². The molecular formula is C17H23N3O2S. The average Bonchev–Trinajstić information content (AvgIpc) is 3.22. The second kappa shape index (κ2) is 7.75. The van der Waals surface area contributed by atoms with Crippen molar-refractivity contribution in [2.45, 2.75) is 32.2 Å². The van der Waals surface area contributed by atoms with E-state index in [2.05, 4.69) is 16.8 Å². The quantitative estimate of drug-likeness (QED) is 0.844. The Hall–Kier alpha value is -1.66. The first-order valence-corrected chi connectivity index (χ1v) is 9.16. The molecule has 0 radical (unpaired) electrons. The van der Waals surface area contributed by atoms with Crippen molar-refractivity contribution < 1.29 is 9.21 Å². The number of hydrogen-bond acceptors (Lipinski definition) is 5. The van der Waals surface area contributed by atoms with Crippen molar-refractivity contribution >= 4 is 17.2 Å². The fourth-order valence-electron chi connectivity index (χ4n) is 3.18. The van der Waals surface area contributed by atoms with Gasteiger partial charge >= 0.3 is 0 Å². The minimum Gasteiger partial charge on any atom is -0.469 e. The molecule has 3 rings (SSSR count). The number of carbonyl (C=O) groups excluding carboxylic acids is 1. The van der Waals surface area contributed by atoms with E-state index in [9.17, 15) is 4.79 Å². The summed E-state index contributed by atoms with van der Waals surface area (Å²) in [4.78, 5) is 21.0. The summed E-state index contributed by atoms with van der Waals surface area (Å²) in [5.41, 5.74) is 2.29. The van der Waals surface area contributed by atoms with Crippen LogP contribution in [0, 0.1) is 0 Å². The smallest absolute Gasteiger partial charge is 0.273 e. The molecule has 0 aromatic carbocycles. The molecule has 1 amide bonds. The lowest BCUT2D eigenvalue weighted by atomic mass is 10.1. The molecule has 3 heterocycles. The Kier molecular flexibility index (Phi) is 5.46. The van der Waals surface area contributed by atoms with Gasteiger partial charge < -0.3 is 9.32 Å². The van der Waals surface area contributed by atoms with Crippen molar-refractivity contribution in [3.05, 3.63) is 40.7 Å². The highest BCUT2D eigenvalue weighted by molar-refractivity contribution is 7.07. The standard InChI is InChI=1S/C17H23N3O2S/c1-2-14(11-15-5-3-10-22-15)19-6-4-7-20(9-8-19)17(21)16-12-23-13-18-16/h3,5,10,12-14H,2,4,6-9,11H2,1H3. The Bertz CT molecular complexity index is 597. The highest BCUT2D eigenvalue weighted by Crippen LogP contribution is 2.16. The lowest BCUT2D eigenvalue weighted by molar-refractivity contribution is 0.0752. The highest BCUT2D eigenvalue weighted by Gasteiger charge is 2.25. The van der Waals surface area contributed by atoms with Crippen LogP contribution in [0.1, 0.15) is 36.0 Å². The van der Waals surface area contributed by atoms with Crippen LogP contribution in [0.25, 0.3) is 0 Å². The molecule has 0 spiro atoms. The lowest BCUT2D eigenvalue weighted by Gasteiger charge is -2.29. The first kappa shape index (κ1) is 16.2. The number of rotatable bonds is 5. The molecular weight excluding hydrogens is 310 g/mol. The summed E-state index contributed by atoms with van der Waals surface area (Å²) in [6, 6.07) is 4.45. The molecule has 1 saturated heterocycles. The maximum atomic E-state index is 12.5. The van der Waals surface area contributed by atoms with Crippen LogP contribution in [0.5, 0.6) is 0 Å². The Balaban J connectivity index is 1.60. The van der Waals surface area contributed by atoms with Gasteiger partial charge in [0.25, 0.3) is 5.91 Å². The third-order valence-corrected chi connectivity index (χ3v) is 5.06. The molecule has 1 unspecified atom stereocenters. The van der Waals surface area contributed by atoms with E-state index in [0.29, 0.717) is 11.7 Å². The van der Waals surface area contributed by atoms with Crippen molar-refractivity contribution in [2.75, 3.05) is 26.2 Å². The molecule has 5 nitrogen and oxygen atoms in total. The summed E-state index contributed by atoms with van der Waals surface area (Å²) in [6.45, 7) is 5.74. The van der Waals surface area contributed by atoms with Crippen LogP contribution in [-0.2, 0) is 6.42 Å². The summed E-state index contributed by atoms with van der Waals surface area (Å²) in [7, 11) is 0. The van der Waals surface area contributed by atoms with Gasteiger partial charge in [-0.25, -0.2) is 4.98 Å². The van der Waals surface area contributed by atoms with Gasteiger partial charge in [0.1, 0.15) is 11.5 Å². The zero-order valence-corrected chi connectivity index (χ0v) is 14.3. The predicted octanol–water partition coefficient (Wildman–Crippen LogP) is 2.91. The largest absolute Gasteiger partial charge is 0.469 e. The van der Waals surface area contributed by atoms with Crippen molar-refractivity contribution in [1.29, 1.82) is 0 Å². The zero-order valence-electron chi connectivity index (χ0n) is 13.5. The number of hydrogen-bond donors (Lipinski definition) is 0. The molecule has 124 valence electrons. The van der Waals surface area contributed by atoms with Gasteiger partial charge in [-0.1, -0.05) is 6.92 Å². The van der Waals surface area contributed by atoms with E-state index in [1.165, 1.54) is 11.3 Å². The normalized spacial score (nSPS) is 17.9. The second-order valence-electron chi connectivity index (χ2n) is 5.90. The predicted molar refractivity (Wildman–Crippen MR) is 90.7 cm³/mol. The second-order valence-corrected chi connectivity index (χ2v) is 6.62. The Morgan fingerprint density at radius 1 is 1.39 bits per heavy atom. The Morgan fingerprint density at radius 2 is 2.30 bits per heavy atom. The maximum Gasteiger partial charge on any atom is 0.273 e. The number of carbonyl (C=O) groups is 1. The van der Waals surface area contributed by atoms with Crippen LogP contribution in [0.15, 0.2) is 33.7 Å². The molecule has 2 aromatic rings. The average molecular weight is 333 g/mol. The van der Waals surface area contributed by atoms with Crippen LogP contribution in [0.3, 0.4) is 0 Å². The molecule has 2 aromatic heterocycles. The topological polar surface area (TPSA) is 49.6 Å². The van der Waals surface area contributed by atoms with E-state index in [1.54, 1.807) is 11.8 Å². The third kappa shape index (κ3) is 4.00. The zero-order chi connectivity index (χ0) is 16.1. The van der Waals surface area contributed by atoms with Crippen LogP contribution >= 0.6 is 11.3 Å². The van der Waals surface area contributed by atoms with E-state index in [-0.39, 0.29) is 5.91 Å². The van der Waals surface area contributed by atoms with Crippen molar-refractivity contribution in [3.8, 4) is 0 Å². The van der Waals surface area contributed by atoms with Crippen LogP contribution in [0.2, 0.25) is 0 Å². The van der Waals surface area contributed by atoms with Gasteiger partial charge in [-0.2, -0.15) is 0 Å². The first-order valence-electron chi connectivity index (χ1n) is 8.22. The minimum absolute atomic E-state index is 0.0622. The molecule has 0 bridgehead atoms. The molecule has 1 fully saturated rings. The molecule has 0 aliphatic carbocycles. The molecule has 1 aliphatic rings. The molecule has 1 atom stereocenters. The van der Waals surface area contributed by atoms with E-state index in [4.69, 9.17) is 4.42 Å². The van der Waals surface area contributed by atoms with Crippen molar-refractivity contribution in [3.63, 3.8) is 0 Å². The van der Waals surface area contributed by atoms with Gasteiger partial charge in [0.05, 0.1) is 11.8 Å². The number of thiazole rings is 1. The van der Waals surface area contributed by atoms with E-state index in [0.717, 1.165) is 51.2 Å². The molecule has 6 heteroatoms. The number of amides is 1. The van der Waals surface area contributed by atoms with Crippen molar-refractivity contribution in [1.82, 2.24) is 14.8 Å². The minimum atomic E-state index is 0.0622. The fourth-order valence-corrected chi connectivity index (χ4v) is 3.70. The van der Waals surface area contributed by atoms with Crippen molar-refractivity contribution in [2.24, 2.45) is 0 Å². The molecule has 0 N–H and O–H groups in total. The van der Waals surface area contributed by atoms with Gasteiger partial charge in [-0.15, -0.1) is 11.3 Å². The maximum absolute atomic E-state index is 12.5. The third-order valence-electron chi connectivity index (χ3n) is 4.47. The van der Waals surface area contributed by atoms with E-state index in [1.807, 2.05) is 22.4 Å². The highest BCUT2D eigenvalue weighted by atomic mass is 32.1. The van der Waals surface area contributed by atoms with E-state index >= 15 is 0 Å². The SMILES string of the molecule is CCC(Cc1ccco1)N1CCCN(C(=O)c2cscn2)CC1. The van der Waals surface area contributed by atoms with Gasteiger partial charge in [-0.05, 0) is 25.0 Å². The number of furan rings is 1. The Labute approximate surface area is 140 Å². The summed E-state index contributed by atoms with van der Waals surface area (Å²) in [5, 5.41) is 1.83. The summed E-state index contributed by atoms with van der Waals surface area (Å²) in [5.74, 6) is 1.10. The summed E-state index contributed by atoms with van der Waals surface area (Å²) < 4.78 is 5.50. The summed E-state index contributed by atoms with van der Waals surface area (Å²) >= 11 is 1.47. The van der Waals surface area contributed by atoms with Gasteiger partial charge in [-0.3, -0.25) is 9.69 Å². The monoisotopic (exact) mass is 333 g/mol. The van der Waals surface area contributed by atoms with Gasteiger partial charge in [0.2, 0.25) is 0 Å². The molecule has 0 saturated carbocycles. The number of nitrogens with zero attached hydrogens (tertiary/aromatic N) is 3. The number of aromatic nitrogens is 1. The molecule has 23 heavy (non-hydrogen) atoms. The van der Waals surface area contributed by atoms with Gasteiger partial charge in [0, 0.05) is 44.0 Å². The van der Waals surface area contributed by atoms with Crippen LogP contribution < -0.4 is 0 Å². The van der Waals surface area contributed by atoms with Crippen LogP contribution in [-0.4, -0.2) is 52.9 Å². The van der Waals surface area contributed by atoms with E-state index < -0.39 is 0 Å². The first-order chi connectivity index (χ1) is 11.3. The van der Waals surface area contributed by atoms with Gasteiger partial charge in [0.15, 0.2) is 0 Å².